The number of carbonyl (C=O) groups is 1. The first kappa shape index (κ1) is 20.7. The lowest BCUT2D eigenvalue weighted by Gasteiger charge is -2.30. The maximum Gasteiger partial charge on any atom is 0.251 e. The minimum Gasteiger partial charge on any atom is -0.497 e. The average Bonchev–Trinajstić information content (AvgIpc) is 3.19. The highest BCUT2D eigenvalue weighted by Crippen LogP contribution is 2.37. The summed E-state index contributed by atoms with van der Waals surface area (Å²) < 4.78 is 18.1. The minimum atomic E-state index is -1.42. The maximum absolute atomic E-state index is 12.6. The fourth-order valence-corrected chi connectivity index (χ4v) is 3.87. The Morgan fingerprint density at radius 1 is 1.06 bits per heavy atom. The van der Waals surface area contributed by atoms with E-state index in [0.717, 1.165) is 0 Å². The molecule has 3 aromatic rings. The predicted molar refractivity (Wildman–Crippen MR) is 121 cm³/mol. The van der Waals surface area contributed by atoms with Crippen LogP contribution < -0.4 is 10.1 Å². The summed E-state index contributed by atoms with van der Waals surface area (Å²) in [6.07, 6.45) is -1.12. The average molecular weight is 436 g/mol. The van der Waals surface area contributed by atoms with E-state index in [1.165, 1.54) is 0 Å². The van der Waals surface area contributed by atoms with Gasteiger partial charge in [0, 0.05) is 18.7 Å². The highest BCUT2D eigenvalue weighted by molar-refractivity contribution is 5.94. The zero-order valence-electron chi connectivity index (χ0n) is 18.8. The van der Waals surface area contributed by atoms with E-state index in [4.69, 9.17) is 10.8 Å². The van der Waals surface area contributed by atoms with Gasteiger partial charge in [0.25, 0.3) is 5.91 Å². The topological polar surface area (TPSA) is 88.0 Å². The van der Waals surface area contributed by atoms with Crippen molar-refractivity contribution in [2.45, 2.75) is 24.2 Å². The van der Waals surface area contributed by atoms with E-state index in [9.17, 15) is 15.0 Å². The summed E-state index contributed by atoms with van der Waals surface area (Å²) in [5, 5.41) is 24.5. The Hall–Kier alpha value is -3.19. The van der Waals surface area contributed by atoms with Gasteiger partial charge in [-0.1, -0.05) is 54.6 Å². The molecule has 1 aliphatic rings. The largest absolute Gasteiger partial charge is 0.497 e. The summed E-state index contributed by atoms with van der Waals surface area (Å²) in [7, 11) is 1.59. The molecule has 1 heterocycles. The molecule has 2 unspecified atom stereocenters. The van der Waals surface area contributed by atoms with Crippen molar-refractivity contribution < 1.29 is 25.9 Å². The fourth-order valence-electron chi connectivity index (χ4n) is 3.87. The van der Waals surface area contributed by atoms with Gasteiger partial charge in [0.05, 0.1) is 14.6 Å². The zero-order valence-corrected chi connectivity index (χ0v) is 17.8. The highest BCUT2D eigenvalue weighted by atomic mass is 16.5. The van der Waals surface area contributed by atoms with Gasteiger partial charge in [-0.05, 0) is 47.4 Å². The first-order valence-corrected chi connectivity index (χ1v) is 10.5. The summed E-state index contributed by atoms with van der Waals surface area (Å²) in [4.78, 5) is 12.6. The molecule has 0 spiro atoms. The lowest BCUT2D eigenvalue weighted by Crippen LogP contribution is -2.37. The summed E-state index contributed by atoms with van der Waals surface area (Å²) in [5.41, 5.74) is 0.975. The van der Waals surface area contributed by atoms with Crippen molar-refractivity contribution in [3.8, 4) is 5.75 Å². The summed E-state index contributed by atoms with van der Waals surface area (Å²) >= 11 is 0. The fraction of sp³-hybridized carbons (Fsp3) is 0.269. The predicted octanol–water partition coefficient (Wildman–Crippen LogP) is 2.86. The molecule has 1 saturated heterocycles. The van der Waals surface area contributed by atoms with E-state index in [0.29, 0.717) is 28.0 Å². The Morgan fingerprint density at radius 3 is 2.22 bits per heavy atom. The van der Waals surface area contributed by atoms with Gasteiger partial charge in [0.15, 0.2) is 0 Å². The molecule has 0 bridgehead atoms. The van der Waals surface area contributed by atoms with Crippen LogP contribution in [-0.4, -0.2) is 48.6 Å². The third-order valence-electron chi connectivity index (χ3n) is 5.77. The third kappa shape index (κ3) is 4.39. The van der Waals surface area contributed by atoms with Crippen LogP contribution >= 0.6 is 0 Å². The van der Waals surface area contributed by atoms with Gasteiger partial charge in [-0.15, -0.1) is 0 Å². The van der Waals surface area contributed by atoms with Crippen LogP contribution in [0.3, 0.4) is 0 Å². The van der Waals surface area contributed by atoms with E-state index in [-0.39, 0.29) is 18.9 Å². The Balaban J connectivity index is 1.57. The molecule has 6 nitrogen and oxygen atoms in total. The monoisotopic (exact) mass is 435 g/mol. The van der Waals surface area contributed by atoms with Crippen molar-refractivity contribution in [3.05, 3.63) is 101 Å². The number of aliphatic hydroxyl groups excluding tert-OH is 1. The molecule has 0 aliphatic carbocycles. The van der Waals surface area contributed by atoms with Crippen LogP contribution in [0.25, 0.3) is 0 Å². The van der Waals surface area contributed by atoms with Crippen molar-refractivity contribution in [1.82, 2.24) is 5.32 Å². The highest BCUT2D eigenvalue weighted by Gasteiger charge is 2.34. The van der Waals surface area contributed by atoms with Crippen LogP contribution in [0, 0.1) is 0 Å². The molecule has 3 N–H and O–H groups in total. The number of aliphatic hydroxyl groups is 2. The van der Waals surface area contributed by atoms with Gasteiger partial charge in [0.2, 0.25) is 0 Å². The van der Waals surface area contributed by atoms with Crippen molar-refractivity contribution in [3.63, 3.8) is 0 Å². The first-order valence-electron chi connectivity index (χ1n) is 11.1. The van der Waals surface area contributed by atoms with E-state index in [1.807, 2.05) is 42.5 Å². The maximum atomic E-state index is 12.6. The van der Waals surface area contributed by atoms with Crippen molar-refractivity contribution >= 4 is 5.91 Å². The van der Waals surface area contributed by atoms with Crippen LogP contribution in [0.1, 0.15) is 34.8 Å². The SMILES string of the molecule is [3H]C1C[C@H](O)[C@@H](CNC(=O)c2ccc(C(O)(c3ccccc3)c3ccc(OC)cc3)cc2)O1. The normalized spacial score (nSPS) is 22.6. The molecule has 1 amide bonds. The summed E-state index contributed by atoms with van der Waals surface area (Å²) in [6.45, 7) is -0.647. The zero-order chi connectivity index (χ0) is 23.4. The molecule has 4 rings (SSSR count). The number of hydrogen-bond donors (Lipinski definition) is 3. The number of methoxy groups -OCH3 is 1. The van der Waals surface area contributed by atoms with Crippen LogP contribution in [0.4, 0.5) is 0 Å². The second kappa shape index (κ2) is 9.53. The number of amides is 1. The Kier molecular flexibility index (Phi) is 6.16. The lowest BCUT2D eigenvalue weighted by atomic mass is 9.80. The number of rotatable bonds is 7. The molecule has 6 heteroatoms. The molecule has 0 aromatic heterocycles. The standard InChI is InChI=1S/C26H27NO5/c1-31-22-13-11-21(12-14-22)26(30,19-5-3-2-4-6-19)20-9-7-18(8-10-20)25(29)27-17-24-23(28)15-16-32-24/h2-14,23-24,28,30H,15-17H2,1H3,(H,27,29)/t23-,24+,26?/m0/s1/i16T/t16?,23-,24+,26?. The van der Waals surface area contributed by atoms with E-state index in [2.05, 4.69) is 5.32 Å². The molecule has 0 radical (unpaired) electrons. The summed E-state index contributed by atoms with van der Waals surface area (Å²) in [6, 6.07) is 23.3. The van der Waals surface area contributed by atoms with Crippen molar-refractivity contribution in [1.29, 1.82) is 0 Å². The van der Waals surface area contributed by atoms with Crippen LogP contribution in [0.5, 0.6) is 5.75 Å². The summed E-state index contributed by atoms with van der Waals surface area (Å²) in [5.74, 6) is 0.368. The third-order valence-corrected chi connectivity index (χ3v) is 5.77. The molecule has 0 saturated carbocycles. The van der Waals surface area contributed by atoms with Crippen LogP contribution in [0.2, 0.25) is 0 Å². The molecular weight excluding hydrogens is 406 g/mol. The van der Waals surface area contributed by atoms with Crippen molar-refractivity contribution in [2.75, 3.05) is 20.2 Å². The molecule has 4 atom stereocenters. The van der Waals surface area contributed by atoms with Gasteiger partial charge in [0.1, 0.15) is 17.5 Å². The Morgan fingerprint density at radius 2 is 1.66 bits per heavy atom. The number of carbonyl (C=O) groups excluding carboxylic acids is 1. The van der Waals surface area contributed by atoms with Crippen LogP contribution in [0.15, 0.2) is 78.9 Å². The lowest BCUT2D eigenvalue weighted by molar-refractivity contribution is 0.0416. The minimum absolute atomic E-state index is 0.122. The van der Waals surface area contributed by atoms with E-state index >= 15 is 0 Å². The molecule has 3 aromatic carbocycles. The molecular formula is C26H27NO5. The van der Waals surface area contributed by atoms with Gasteiger partial charge in [-0.2, -0.15) is 0 Å². The number of benzene rings is 3. The van der Waals surface area contributed by atoms with Gasteiger partial charge in [-0.3, -0.25) is 4.79 Å². The van der Waals surface area contributed by atoms with E-state index < -0.39 is 24.4 Å². The van der Waals surface area contributed by atoms with Gasteiger partial charge >= 0.3 is 0 Å². The molecule has 166 valence electrons. The van der Waals surface area contributed by atoms with Gasteiger partial charge < -0.3 is 25.0 Å². The number of nitrogens with one attached hydrogen (secondary N) is 1. The Labute approximate surface area is 188 Å². The molecule has 1 aliphatic heterocycles. The van der Waals surface area contributed by atoms with E-state index in [1.54, 1.807) is 43.5 Å². The number of ether oxygens (including phenoxy) is 2. The van der Waals surface area contributed by atoms with Gasteiger partial charge in [-0.25, -0.2) is 0 Å². The first-order chi connectivity index (χ1) is 15.9. The molecule has 32 heavy (non-hydrogen) atoms. The Bertz CT molecular complexity index is 1070. The second-order valence-corrected chi connectivity index (χ2v) is 7.74. The molecule has 1 fully saturated rings. The number of hydrogen-bond acceptors (Lipinski definition) is 5. The van der Waals surface area contributed by atoms with Crippen molar-refractivity contribution in [2.24, 2.45) is 0 Å². The second-order valence-electron chi connectivity index (χ2n) is 7.74. The quantitative estimate of drug-likeness (QED) is 0.497. The van der Waals surface area contributed by atoms with Crippen LogP contribution in [-0.2, 0) is 10.3 Å². The smallest absolute Gasteiger partial charge is 0.251 e.